The third-order valence-electron chi connectivity index (χ3n) is 2.13. The van der Waals surface area contributed by atoms with Crippen molar-refractivity contribution in [1.29, 1.82) is 5.26 Å². The van der Waals surface area contributed by atoms with Crippen LogP contribution in [0, 0.1) is 25.2 Å². The van der Waals surface area contributed by atoms with Crippen LogP contribution in [-0.4, -0.2) is 7.11 Å². The fourth-order valence-electron chi connectivity index (χ4n) is 1.57. The topological polar surface area (TPSA) is 59.0 Å². The predicted molar refractivity (Wildman–Crippen MR) is 55.0 cm³/mol. The molecule has 0 aliphatic rings. The van der Waals surface area contributed by atoms with Crippen molar-refractivity contribution in [2.45, 2.75) is 19.9 Å². The number of hydrogen-bond acceptors (Lipinski definition) is 3. The van der Waals surface area contributed by atoms with E-state index in [0.29, 0.717) is 5.75 Å². The molecule has 2 N–H and O–H groups in total. The molecule has 0 radical (unpaired) electrons. The summed E-state index contributed by atoms with van der Waals surface area (Å²) in [5.41, 5.74) is 8.52. The predicted octanol–water partition coefficient (Wildman–Crippen LogP) is 1.84. The maximum atomic E-state index is 8.76. The number of benzene rings is 1. The van der Waals surface area contributed by atoms with E-state index in [2.05, 4.69) is 0 Å². The first-order valence-electron chi connectivity index (χ1n) is 4.40. The highest BCUT2D eigenvalue weighted by molar-refractivity contribution is 5.46. The molecule has 0 bridgehead atoms. The molecule has 0 aromatic heterocycles. The smallest absolute Gasteiger partial charge is 0.127 e. The molecule has 3 nitrogen and oxygen atoms in total. The Hall–Kier alpha value is -1.53. The Bertz CT molecular complexity index is 380. The molecule has 0 aliphatic heterocycles. The van der Waals surface area contributed by atoms with E-state index in [1.165, 1.54) is 0 Å². The standard InChI is InChI=1S/C11H14N2O/c1-7-4-8(2)11(14-3)9(5-7)10(13)6-12/h4-5,10H,13H2,1-3H3. The van der Waals surface area contributed by atoms with E-state index in [4.69, 9.17) is 15.7 Å². The molecule has 0 saturated carbocycles. The van der Waals surface area contributed by atoms with E-state index < -0.39 is 6.04 Å². The summed E-state index contributed by atoms with van der Waals surface area (Å²) in [4.78, 5) is 0. The molecule has 0 fully saturated rings. The summed E-state index contributed by atoms with van der Waals surface area (Å²) in [5.74, 6) is 0.713. The largest absolute Gasteiger partial charge is 0.496 e. The van der Waals surface area contributed by atoms with Gasteiger partial charge in [0.2, 0.25) is 0 Å². The van der Waals surface area contributed by atoms with Crippen LogP contribution in [0.4, 0.5) is 0 Å². The second-order valence-electron chi connectivity index (χ2n) is 3.31. The van der Waals surface area contributed by atoms with Gasteiger partial charge in [-0.05, 0) is 25.5 Å². The van der Waals surface area contributed by atoms with Crippen molar-refractivity contribution in [2.24, 2.45) is 5.73 Å². The molecular formula is C11H14N2O. The zero-order valence-corrected chi connectivity index (χ0v) is 8.66. The summed E-state index contributed by atoms with van der Waals surface area (Å²) < 4.78 is 5.22. The SMILES string of the molecule is COc1c(C)cc(C)cc1C(N)C#N. The Morgan fingerprint density at radius 2 is 2.07 bits per heavy atom. The Labute approximate surface area is 84.1 Å². The van der Waals surface area contributed by atoms with Crippen LogP contribution >= 0.6 is 0 Å². The van der Waals surface area contributed by atoms with Gasteiger partial charge in [-0.25, -0.2) is 0 Å². The third-order valence-corrected chi connectivity index (χ3v) is 2.13. The summed E-state index contributed by atoms with van der Waals surface area (Å²) in [6, 6.07) is 5.28. The van der Waals surface area contributed by atoms with Crippen LogP contribution in [0.1, 0.15) is 22.7 Å². The number of hydrogen-bond donors (Lipinski definition) is 1. The first-order valence-corrected chi connectivity index (χ1v) is 4.40. The Balaban J connectivity index is 3.33. The third kappa shape index (κ3) is 1.86. The van der Waals surface area contributed by atoms with E-state index in [9.17, 15) is 0 Å². The number of aryl methyl sites for hydroxylation is 2. The van der Waals surface area contributed by atoms with Gasteiger partial charge in [-0.15, -0.1) is 0 Å². The average Bonchev–Trinajstić information content (AvgIpc) is 2.15. The highest BCUT2D eigenvalue weighted by Crippen LogP contribution is 2.28. The fraction of sp³-hybridized carbons (Fsp3) is 0.364. The van der Waals surface area contributed by atoms with Crippen LogP contribution in [0.25, 0.3) is 0 Å². The van der Waals surface area contributed by atoms with Crippen molar-refractivity contribution in [3.8, 4) is 11.8 Å². The lowest BCUT2D eigenvalue weighted by atomic mass is 10.0. The second kappa shape index (κ2) is 4.12. The monoisotopic (exact) mass is 190 g/mol. The summed E-state index contributed by atoms with van der Waals surface area (Å²) in [6.07, 6.45) is 0. The highest BCUT2D eigenvalue weighted by Gasteiger charge is 2.13. The van der Waals surface area contributed by atoms with E-state index in [1.54, 1.807) is 7.11 Å². The molecule has 1 unspecified atom stereocenters. The van der Waals surface area contributed by atoms with Crippen LogP contribution < -0.4 is 10.5 Å². The normalized spacial score (nSPS) is 11.9. The van der Waals surface area contributed by atoms with E-state index in [1.807, 2.05) is 32.0 Å². The molecule has 3 heteroatoms. The second-order valence-corrected chi connectivity index (χ2v) is 3.31. The van der Waals surface area contributed by atoms with Gasteiger partial charge >= 0.3 is 0 Å². The quantitative estimate of drug-likeness (QED) is 0.774. The van der Waals surface area contributed by atoms with Crippen molar-refractivity contribution in [1.82, 2.24) is 0 Å². The molecule has 1 atom stereocenters. The summed E-state index contributed by atoms with van der Waals surface area (Å²) in [6.45, 7) is 3.92. The zero-order chi connectivity index (χ0) is 10.7. The minimum atomic E-state index is -0.622. The van der Waals surface area contributed by atoms with Crippen molar-refractivity contribution in [2.75, 3.05) is 7.11 Å². The van der Waals surface area contributed by atoms with Gasteiger partial charge in [0.25, 0.3) is 0 Å². The molecule has 0 saturated heterocycles. The number of rotatable bonds is 2. The Morgan fingerprint density at radius 3 is 2.57 bits per heavy atom. The number of methoxy groups -OCH3 is 1. The highest BCUT2D eigenvalue weighted by atomic mass is 16.5. The van der Waals surface area contributed by atoms with Gasteiger partial charge in [-0.3, -0.25) is 0 Å². The molecular weight excluding hydrogens is 176 g/mol. The van der Waals surface area contributed by atoms with Gasteiger partial charge < -0.3 is 10.5 Å². The zero-order valence-electron chi connectivity index (χ0n) is 8.66. The molecule has 0 amide bonds. The molecule has 1 aromatic carbocycles. The van der Waals surface area contributed by atoms with E-state index >= 15 is 0 Å². The fourth-order valence-corrected chi connectivity index (χ4v) is 1.57. The lowest BCUT2D eigenvalue weighted by Gasteiger charge is -2.13. The molecule has 0 spiro atoms. The number of ether oxygens (including phenoxy) is 1. The molecule has 1 rings (SSSR count). The van der Waals surface area contributed by atoms with Crippen LogP contribution in [0.15, 0.2) is 12.1 Å². The minimum absolute atomic E-state index is 0.622. The van der Waals surface area contributed by atoms with Crippen molar-refractivity contribution < 1.29 is 4.74 Å². The molecule has 1 aromatic rings. The first kappa shape index (κ1) is 10.6. The molecule has 14 heavy (non-hydrogen) atoms. The Kier molecular flexibility index (Phi) is 3.10. The summed E-state index contributed by atoms with van der Waals surface area (Å²) >= 11 is 0. The Morgan fingerprint density at radius 1 is 1.43 bits per heavy atom. The minimum Gasteiger partial charge on any atom is -0.496 e. The van der Waals surface area contributed by atoms with Gasteiger partial charge in [0.1, 0.15) is 11.8 Å². The lowest BCUT2D eigenvalue weighted by molar-refractivity contribution is 0.405. The van der Waals surface area contributed by atoms with Gasteiger partial charge in [0.15, 0.2) is 0 Å². The molecule has 0 aliphatic carbocycles. The van der Waals surface area contributed by atoms with Gasteiger partial charge in [0, 0.05) is 5.56 Å². The van der Waals surface area contributed by atoms with Gasteiger partial charge in [0.05, 0.1) is 13.2 Å². The maximum Gasteiger partial charge on any atom is 0.127 e. The molecule has 74 valence electrons. The average molecular weight is 190 g/mol. The maximum absolute atomic E-state index is 8.76. The summed E-state index contributed by atoms with van der Waals surface area (Å²) in [7, 11) is 1.59. The van der Waals surface area contributed by atoms with Gasteiger partial charge in [-0.2, -0.15) is 5.26 Å². The van der Waals surface area contributed by atoms with E-state index in [0.717, 1.165) is 16.7 Å². The van der Waals surface area contributed by atoms with E-state index in [-0.39, 0.29) is 0 Å². The van der Waals surface area contributed by atoms with Gasteiger partial charge in [-0.1, -0.05) is 11.6 Å². The van der Waals surface area contributed by atoms with Crippen molar-refractivity contribution in [3.63, 3.8) is 0 Å². The number of nitriles is 1. The van der Waals surface area contributed by atoms with Crippen LogP contribution in [0.5, 0.6) is 5.75 Å². The lowest BCUT2D eigenvalue weighted by Crippen LogP contribution is -2.10. The summed E-state index contributed by atoms with van der Waals surface area (Å²) in [5, 5.41) is 8.76. The van der Waals surface area contributed by atoms with Crippen molar-refractivity contribution >= 4 is 0 Å². The number of nitrogens with zero attached hydrogens (tertiary/aromatic N) is 1. The molecule has 0 heterocycles. The van der Waals surface area contributed by atoms with Crippen LogP contribution in [0.2, 0.25) is 0 Å². The van der Waals surface area contributed by atoms with Crippen molar-refractivity contribution in [3.05, 3.63) is 28.8 Å². The number of nitrogens with two attached hydrogens (primary N) is 1. The van der Waals surface area contributed by atoms with Crippen LogP contribution in [0.3, 0.4) is 0 Å². The first-order chi connectivity index (χ1) is 6.60. The van der Waals surface area contributed by atoms with Crippen LogP contribution in [-0.2, 0) is 0 Å².